The summed E-state index contributed by atoms with van der Waals surface area (Å²) >= 11 is 1.76. The van der Waals surface area contributed by atoms with Crippen LogP contribution in [0.15, 0.2) is 29.2 Å². The first-order valence-electron chi connectivity index (χ1n) is 9.98. The Kier molecular flexibility index (Phi) is 5.52. The Labute approximate surface area is 171 Å². The van der Waals surface area contributed by atoms with Crippen molar-refractivity contribution in [1.82, 2.24) is 10.3 Å². The van der Waals surface area contributed by atoms with Gasteiger partial charge in [0.25, 0.3) is 0 Å². The SMILES string of the molecule is CO[C@@H]1C[C@H]2CN(c3cc(C)c4cc(SC)ccc4n3)C[C@H]2C[C@H]1NC(C)=O. The molecule has 1 aliphatic heterocycles. The quantitative estimate of drug-likeness (QED) is 0.796. The summed E-state index contributed by atoms with van der Waals surface area (Å²) in [4.78, 5) is 20.2. The molecule has 4 atom stereocenters. The normalized spacial score (nSPS) is 27.1. The van der Waals surface area contributed by atoms with Crippen molar-refractivity contribution < 1.29 is 9.53 Å². The zero-order valence-electron chi connectivity index (χ0n) is 17.1. The highest BCUT2D eigenvalue weighted by molar-refractivity contribution is 7.98. The highest BCUT2D eigenvalue weighted by atomic mass is 32.2. The summed E-state index contributed by atoms with van der Waals surface area (Å²) in [6.07, 6.45) is 4.17. The smallest absolute Gasteiger partial charge is 0.217 e. The number of carbonyl (C=O) groups excluding carboxylic acids is 1. The van der Waals surface area contributed by atoms with Crippen molar-refractivity contribution in [2.24, 2.45) is 11.8 Å². The predicted octanol–water partition coefficient (Wildman–Crippen LogP) is 3.63. The Bertz CT molecular complexity index is 887. The number of pyridine rings is 1. The summed E-state index contributed by atoms with van der Waals surface area (Å²) in [6.45, 7) is 5.77. The second-order valence-corrected chi connectivity index (χ2v) is 9.04. The number of fused-ring (bicyclic) bond motifs is 2. The summed E-state index contributed by atoms with van der Waals surface area (Å²) in [5, 5.41) is 4.33. The Balaban J connectivity index is 1.56. The molecule has 6 heteroatoms. The van der Waals surface area contributed by atoms with E-state index in [9.17, 15) is 4.79 Å². The molecule has 1 amide bonds. The molecule has 1 saturated carbocycles. The summed E-state index contributed by atoms with van der Waals surface area (Å²) in [5.74, 6) is 2.25. The average molecular weight is 400 g/mol. The third kappa shape index (κ3) is 3.72. The lowest BCUT2D eigenvalue weighted by atomic mass is 9.77. The first-order valence-corrected chi connectivity index (χ1v) is 11.2. The van der Waals surface area contributed by atoms with Crippen LogP contribution in [0.5, 0.6) is 0 Å². The Morgan fingerprint density at radius 1 is 1.25 bits per heavy atom. The minimum Gasteiger partial charge on any atom is -0.379 e. The second-order valence-electron chi connectivity index (χ2n) is 8.16. The van der Waals surface area contributed by atoms with Crippen LogP contribution in [0.1, 0.15) is 25.3 Å². The summed E-state index contributed by atoms with van der Waals surface area (Å²) in [7, 11) is 1.75. The zero-order valence-corrected chi connectivity index (χ0v) is 17.9. The maximum absolute atomic E-state index is 11.6. The fourth-order valence-electron chi connectivity index (χ4n) is 4.92. The van der Waals surface area contributed by atoms with Crippen molar-refractivity contribution >= 4 is 34.4 Å². The van der Waals surface area contributed by atoms with Crippen LogP contribution in [0.2, 0.25) is 0 Å². The molecule has 4 rings (SSSR count). The molecule has 0 spiro atoms. The van der Waals surface area contributed by atoms with Crippen LogP contribution in [0.25, 0.3) is 10.9 Å². The lowest BCUT2D eigenvalue weighted by Crippen LogP contribution is -2.49. The number of hydrogen-bond donors (Lipinski definition) is 1. The van der Waals surface area contributed by atoms with Gasteiger partial charge in [0.05, 0.1) is 17.7 Å². The van der Waals surface area contributed by atoms with Crippen LogP contribution in [0.3, 0.4) is 0 Å². The molecule has 1 aliphatic carbocycles. The fraction of sp³-hybridized carbons (Fsp3) is 0.545. The minimum absolute atomic E-state index is 0.0248. The number of amides is 1. The first-order chi connectivity index (χ1) is 13.5. The summed E-state index contributed by atoms with van der Waals surface area (Å²) in [5.41, 5.74) is 2.34. The molecule has 0 bridgehead atoms. The Morgan fingerprint density at radius 2 is 2.00 bits per heavy atom. The number of thioether (sulfide) groups is 1. The standard InChI is InChI=1S/C22H29N3O2S/c1-13-7-22(24-19-6-5-17(28-4)10-18(13)19)25-11-15-8-20(23-14(2)26)21(27-3)9-16(15)12-25/h5-7,10,15-16,20-21H,8-9,11-12H2,1-4H3,(H,23,26)/t15-,16+,20-,21-/m1/s1. The van der Waals surface area contributed by atoms with Gasteiger partial charge >= 0.3 is 0 Å². The van der Waals surface area contributed by atoms with Gasteiger partial charge in [0.2, 0.25) is 5.91 Å². The van der Waals surface area contributed by atoms with E-state index < -0.39 is 0 Å². The van der Waals surface area contributed by atoms with E-state index in [2.05, 4.69) is 47.7 Å². The van der Waals surface area contributed by atoms with Crippen molar-refractivity contribution in [3.05, 3.63) is 29.8 Å². The maximum atomic E-state index is 11.6. The van der Waals surface area contributed by atoms with Gasteiger partial charge in [-0.2, -0.15) is 0 Å². The van der Waals surface area contributed by atoms with E-state index in [1.165, 1.54) is 15.8 Å². The van der Waals surface area contributed by atoms with Gasteiger partial charge in [-0.05, 0) is 67.7 Å². The second kappa shape index (κ2) is 7.91. The van der Waals surface area contributed by atoms with Crippen LogP contribution >= 0.6 is 11.8 Å². The van der Waals surface area contributed by atoms with Gasteiger partial charge in [0, 0.05) is 37.4 Å². The zero-order chi connectivity index (χ0) is 19.8. The van der Waals surface area contributed by atoms with Crippen LogP contribution in [0, 0.1) is 18.8 Å². The molecular formula is C22H29N3O2S. The molecule has 150 valence electrons. The van der Waals surface area contributed by atoms with E-state index in [-0.39, 0.29) is 18.1 Å². The first kappa shape index (κ1) is 19.5. The van der Waals surface area contributed by atoms with E-state index in [1.54, 1.807) is 25.8 Å². The molecule has 1 aromatic heterocycles. The van der Waals surface area contributed by atoms with Gasteiger partial charge in [-0.25, -0.2) is 4.98 Å². The Morgan fingerprint density at radius 3 is 2.68 bits per heavy atom. The van der Waals surface area contributed by atoms with Crippen molar-refractivity contribution in [3.63, 3.8) is 0 Å². The van der Waals surface area contributed by atoms with Crippen LogP contribution in [-0.4, -0.2) is 49.5 Å². The van der Waals surface area contributed by atoms with Gasteiger partial charge in [-0.1, -0.05) is 0 Å². The number of aryl methyl sites for hydroxylation is 1. The van der Waals surface area contributed by atoms with Gasteiger partial charge < -0.3 is 15.0 Å². The maximum Gasteiger partial charge on any atom is 0.217 e. The molecule has 28 heavy (non-hydrogen) atoms. The molecule has 2 aromatic rings. The molecule has 1 saturated heterocycles. The lowest BCUT2D eigenvalue weighted by molar-refractivity contribution is -0.121. The number of ether oxygens (including phenoxy) is 1. The molecule has 1 N–H and O–H groups in total. The highest BCUT2D eigenvalue weighted by Crippen LogP contribution is 2.39. The van der Waals surface area contributed by atoms with Gasteiger partial charge in [-0.3, -0.25) is 4.79 Å². The summed E-state index contributed by atoms with van der Waals surface area (Å²) in [6, 6.07) is 8.85. The number of hydrogen-bond acceptors (Lipinski definition) is 5. The van der Waals surface area contributed by atoms with Crippen LogP contribution < -0.4 is 10.2 Å². The van der Waals surface area contributed by atoms with Crippen molar-refractivity contribution in [3.8, 4) is 0 Å². The average Bonchev–Trinajstić information content (AvgIpc) is 3.09. The van der Waals surface area contributed by atoms with Crippen molar-refractivity contribution in [2.45, 2.75) is 43.7 Å². The highest BCUT2D eigenvalue weighted by Gasteiger charge is 2.43. The lowest BCUT2D eigenvalue weighted by Gasteiger charge is -2.37. The van der Waals surface area contributed by atoms with Gasteiger partial charge in [0.1, 0.15) is 5.82 Å². The third-order valence-electron chi connectivity index (χ3n) is 6.34. The summed E-state index contributed by atoms with van der Waals surface area (Å²) < 4.78 is 5.70. The monoisotopic (exact) mass is 399 g/mol. The molecule has 2 heterocycles. The van der Waals surface area contributed by atoms with Gasteiger partial charge in [0.15, 0.2) is 0 Å². The molecule has 5 nitrogen and oxygen atoms in total. The van der Waals surface area contributed by atoms with Crippen LogP contribution in [0.4, 0.5) is 5.82 Å². The van der Waals surface area contributed by atoms with Gasteiger partial charge in [-0.15, -0.1) is 11.8 Å². The van der Waals surface area contributed by atoms with E-state index in [0.29, 0.717) is 11.8 Å². The van der Waals surface area contributed by atoms with E-state index >= 15 is 0 Å². The number of rotatable bonds is 4. The predicted molar refractivity (Wildman–Crippen MR) is 115 cm³/mol. The molecule has 2 aliphatic rings. The number of aromatic nitrogens is 1. The van der Waals surface area contributed by atoms with Crippen molar-refractivity contribution in [1.29, 1.82) is 0 Å². The van der Waals surface area contributed by atoms with E-state index in [1.807, 2.05) is 0 Å². The van der Waals surface area contributed by atoms with Crippen LogP contribution in [-0.2, 0) is 9.53 Å². The Hall–Kier alpha value is -1.79. The number of nitrogens with zero attached hydrogens (tertiary/aromatic N) is 2. The largest absolute Gasteiger partial charge is 0.379 e. The topological polar surface area (TPSA) is 54.5 Å². The fourth-order valence-corrected chi connectivity index (χ4v) is 5.36. The third-order valence-corrected chi connectivity index (χ3v) is 7.07. The molecule has 1 aromatic carbocycles. The number of carbonyl (C=O) groups is 1. The number of nitrogens with one attached hydrogen (secondary N) is 1. The van der Waals surface area contributed by atoms with E-state index in [0.717, 1.165) is 37.3 Å². The molecule has 0 unspecified atom stereocenters. The molecule has 0 radical (unpaired) electrons. The molecular weight excluding hydrogens is 370 g/mol. The minimum atomic E-state index is 0.0248. The van der Waals surface area contributed by atoms with E-state index in [4.69, 9.17) is 9.72 Å². The number of benzene rings is 1. The van der Waals surface area contributed by atoms with Crippen molar-refractivity contribution in [2.75, 3.05) is 31.4 Å². The molecule has 2 fully saturated rings. The number of methoxy groups -OCH3 is 1. The number of anilines is 1.